The van der Waals surface area contributed by atoms with Crippen molar-refractivity contribution < 1.29 is 14.3 Å². The van der Waals surface area contributed by atoms with E-state index in [1.807, 2.05) is 67.6 Å². The van der Waals surface area contributed by atoms with Gasteiger partial charge in [0.25, 0.3) is 0 Å². The van der Waals surface area contributed by atoms with Crippen molar-refractivity contribution >= 4 is 11.8 Å². The molecular weight excluding hydrogens is 264 g/mol. The number of benzene rings is 2. The summed E-state index contributed by atoms with van der Waals surface area (Å²) in [7, 11) is 1.29. The van der Waals surface area contributed by atoms with Crippen LogP contribution in [0.2, 0.25) is 0 Å². The molecule has 0 atom stereocenters. The molecule has 0 aromatic heterocycles. The molecule has 108 valence electrons. The number of hydrogen-bond donors (Lipinski definition) is 0. The van der Waals surface area contributed by atoms with E-state index in [1.165, 1.54) is 7.11 Å². The third-order valence-corrected chi connectivity index (χ3v) is 3.79. The number of esters is 1. The van der Waals surface area contributed by atoms with E-state index in [2.05, 4.69) is 4.74 Å². The molecule has 0 heterocycles. The van der Waals surface area contributed by atoms with Gasteiger partial charge in [-0.25, -0.2) is 0 Å². The second kappa shape index (κ2) is 6.35. The van der Waals surface area contributed by atoms with Crippen molar-refractivity contribution in [3.8, 4) is 0 Å². The van der Waals surface area contributed by atoms with Crippen LogP contribution < -0.4 is 0 Å². The summed E-state index contributed by atoms with van der Waals surface area (Å²) in [6.07, 6.45) is -0.239. The minimum absolute atomic E-state index is 0.174. The minimum Gasteiger partial charge on any atom is -0.469 e. The van der Waals surface area contributed by atoms with Gasteiger partial charge in [0.15, 0.2) is 5.78 Å². The third kappa shape index (κ3) is 3.02. The fraction of sp³-hybridized carbons (Fsp3) is 0.222. The van der Waals surface area contributed by atoms with Gasteiger partial charge in [0, 0.05) is 0 Å². The third-order valence-electron chi connectivity index (χ3n) is 3.79. The number of carbonyl (C=O) groups excluding carboxylic acids is 2. The summed E-state index contributed by atoms with van der Waals surface area (Å²) in [5, 5.41) is 0. The molecule has 3 heteroatoms. The van der Waals surface area contributed by atoms with E-state index >= 15 is 0 Å². The maximum Gasteiger partial charge on any atom is 0.313 e. The first-order valence-electron chi connectivity index (χ1n) is 6.80. The predicted molar refractivity (Wildman–Crippen MR) is 81.0 cm³/mol. The van der Waals surface area contributed by atoms with Crippen LogP contribution in [0.4, 0.5) is 0 Å². The summed E-state index contributed by atoms with van der Waals surface area (Å²) in [6, 6.07) is 19.0. The van der Waals surface area contributed by atoms with Gasteiger partial charge in [-0.3, -0.25) is 9.59 Å². The molecule has 0 aliphatic carbocycles. The molecule has 0 aliphatic rings. The Labute approximate surface area is 124 Å². The molecular formula is C18H18O3. The van der Waals surface area contributed by atoms with E-state index < -0.39 is 11.4 Å². The minimum atomic E-state index is -0.864. The van der Waals surface area contributed by atoms with E-state index in [0.29, 0.717) is 0 Å². The van der Waals surface area contributed by atoms with Gasteiger partial charge >= 0.3 is 5.97 Å². The molecule has 0 radical (unpaired) electrons. The summed E-state index contributed by atoms with van der Waals surface area (Å²) < 4.78 is 4.63. The van der Waals surface area contributed by atoms with Crippen LogP contribution in [-0.4, -0.2) is 18.9 Å². The molecule has 0 unspecified atom stereocenters. The van der Waals surface area contributed by atoms with Gasteiger partial charge < -0.3 is 4.74 Å². The van der Waals surface area contributed by atoms with Gasteiger partial charge in [-0.15, -0.1) is 0 Å². The summed E-state index contributed by atoms with van der Waals surface area (Å²) in [5.74, 6) is -0.690. The van der Waals surface area contributed by atoms with Gasteiger partial charge in [0.1, 0.15) is 6.42 Å². The predicted octanol–water partition coefficient (Wildman–Crippen LogP) is 3.12. The van der Waals surface area contributed by atoms with Crippen molar-refractivity contribution in [2.45, 2.75) is 18.8 Å². The number of hydrogen-bond acceptors (Lipinski definition) is 3. The lowest BCUT2D eigenvalue weighted by atomic mass is 9.72. The van der Waals surface area contributed by atoms with E-state index in [9.17, 15) is 9.59 Å². The normalized spacial score (nSPS) is 11.0. The number of rotatable bonds is 5. The van der Waals surface area contributed by atoms with Crippen LogP contribution in [-0.2, 0) is 19.7 Å². The maximum absolute atomic E-state index is 12.7. The number of methoxy groups -OCH3 is 1. The molecule has 0 saturated heterocycles. The Morgan fingerprint density at radius 1 is 0.905 bits per heavy atom. The van der Waals surface area contributed by atoms with Crippen molar-refractivity contribution in [3.63, 3.8) is 0 Å². The highest BCUT2D eigenvalue weighted by molar-refractivity contribution is 6.03. The van der Waals surface area contributed by atoms with Crippen LogP contribution in [0.1, 0.15) is 24.5 Å². The molecule has 21 heavy (non-hydrogen) atoms. The molecule has 2 rings (SSSR count). The Morgan fingerprint density at radius 2 is 1.33 bits per heavy atom. The first kappa shape index (κ1) is 15.0. The van der Waals surface area contributed by atoms with E-state index in [-0.39, 0.29) is 12.2 Å². The van der Waals surface area contributed by atoms with Crippen LogP contribution in [0.3, 0.4) is 0 Å². The fourth-order valence-electron chi connectivity index (χ4n) is 2.41. The Morgan fingerprint density at radius 3 is 1.71 bits per heavy atom. The first-order chi connectivity index (χ1) is 10.1. The fourth-order valence-corrected chi connectivity index (χ4v) is 2.41. The zero-order valence-electron chi connectivity index (χ0n) is 12.2. The van der Waals surface area contributed by atoms with Crippen LogP contribution in [0, 0.1) is 0 Å². The summed E-state index contributed by atoms with van der Waals surface area (Å²) in [5.41, 5.74) is 0.867. The van der Waals surface area contributed by atoms with E-state index in [1.54, 1.807) is 0 Å². The van der Waals surface area contributed by atoms with Gasteiger partial charge in [-0.05, 0) is 18.1 Å². The van der Waals surface area contributed by atoms with Gasteiger partial charge in [-0.1, -0.05) is 60.7 Å². The molecule has 0 N–H and O–H groups in total. The molecule has 2 aromatic rings. The zero-order chi connectivity index (χ0) is 15.3. The van der Waals surface area contributed by atoms with Gasteiger partial charge in [-0.2, -0.15) is 0 Å². The monoisotopic (exact) mass is 282 g/mol. The zero-order valence-corrected chi connectivity index (χ0v) is 12.2. The largest absolute Gasteiger partial charge is 0.469 e. The SMILES string of the molecule is COC(=O)CC(=O)C(C)(c1ccccc1)c1ccccc1. The summed E-state index contributed by atoms with van der Waals surface area (Å²) in [4.78, 5) is 24.2. The van der Waals surface area contributed by atoms with Crippen molar-refractivity contribution in [3.05, 3.63) is 71.8 Å². The Kier molecular flexibility index (Phi) is 4.53. The van der Waals surface area contributed by atoms with Crippen molar-refractivity contribution in [2.75, 3.05) is 7.11 Å². The molecule has 3 nitrogen and oxygen atoms in total. The number of Topliss-reactive ketones (excluding diaryl/α,β-unsaturated/α-hetero) is 1. The molecule has 0 saturated carbocycles. The number of ether oxygens (including phenoxy) is 1. The lowest BCUT2D eigenvalue weighted by Gasteiger charge is -2.29. The van der Waals surface area contributed by atoms with Crippen molar-refractivity contribution in [1.29, 1.82) is 0 Å². The second-order valence-electron chi connectivity index (χ2n) is 5.03. The molecule has 2 aromatic carbocycles. The molecule has 0 amide bonds. The van der Waals surface area contributed by atoms with Crippen LogP contribution in [0.15, 0.2) is 60.7 Å². The van der Waals surface area contributed by atoms with Crippen molar-refractivity contribution in [1.82, 2.24) is 0 Å². The Bertz CT molecular complexity index is 578. The Balaban J connectivity index is 2.50. The highest BCUT2D eigenvalue weighted by Gasteiger charge is 2.37. The average molecular weight is 282 g/mol. The quantitative estimate of drug-likeness (QED) is 0.625. The standard InChI is InChI=1S/C18H18O3/c1-18(14-9-5-3-6-10-14,15-11-7-4-8-12-15)16(19)13-17(20)21-2/h3-12H,13H2,1-2H3. The second-order valence-corrected chi connectivity index (χ2v) is 5.03. The molecule has 0 bridgehead atoms. The van der Waals surface area contributed by atoms with Gasteiger partial charge in [0.05, 0.1) is 12.5 Å². The smallest absolute Gasteiger partial charge is 0.313 e. The number of ketones is 1. The summed E-state index contributed by atoms with van der Waals surface area (Å²) >= 11 is 0. The van der Waals surface area contributed by atoms with Gasteiger partial charge in [0.2, 0.25) is 0 Å². The van der Waals surface area contributed by atoms with Crippen LogP contribution in [0.25, 0.3) is 0 Å². The van der Waals surface area contributed by atoms with E-state index in [0.717, 1.165) is 11.1 Å². The first-order valence-corrected chi connectivity index (χ1v) is 6.80. The highest BCUT2D eigenvalue weighted by Crippen LogP contribution is 2.33. The summed E-state index contributed by atoms with van der Waals surface area (Å²) in [6.45, 7) is 1.85. The lowest BCUT2D eigenvalue weighted by molar-refractivity contribution is -0.144. The number of carbonyl (C=O) groups is 2. The molecule has 0 aliphatic heterocycles. The highest BCUT2D eigenvalue weighted by atomic mass is 16.5. The average Bonchev–Trinajstić information content (AvgIpc) is 2.55. The van der Waals surface area contributed by atoms with Crippen molar-refractivity contribution in [2.24, 2.45) is 0 Å². The molecule has 0 spiro atoms. The topological polar surface area (TPSA) is 43.4 Å². The lowest BCUT2D eigenvalue weighted by Crippen LogP contribution is -2.35. The van der Waals surface area contributed by atoms with Crippen LogP contribution >= 0.6 is 0 Å². The van der Waals surface area contributed by atoms with Crippen LogP contribution in [0.5, 0.6) is 0 Å². The molecule has 0 fully saturated rings. The maximum atomic E-state index is 12.7. The van der Waals surface area contributed by atoms with E-state index in [4.69, 9.17) is 0 Å². The Hall–Kier alpha value is -2.42.